The highest BCUT2D eigenvalue weighted by atomic mass is 32.2. The van der Waals surface area contributed by atoms with Crippen molar-refractivity contribution in [2.75, 3.05) is 5.73 Å². The standard InChI is InChI=1S/C20H23N9O5S/c1-11-3-2-4-13(5-11)35(32,33)25-6-12-7-28(27-26-12)8-14-16(30)17(31)20(34-14)29-10-24-15-18(21)22-9-23-19(15)29/h2-5,7,9-10,14,16-17,20,25,30-31H,6,8H2,1H3,(H2,21,22,23)/t14-,16-,17-,20-/m1/s1. The number of hydrogen-bond acceptors (Lipinski definition) is 11. The first kappa shape index (κ1) is 23.3. The van der Waals surface area contributed by atoms with Crippen LogP contribution in [0.25, 0.3) is 11.2 Å². The molecule has 0 saturated carbocycles. The van der Waals surface area contributed by atoms with Crippen molar-refractivity contribution < 1.29 is 23.4 Å². The molecular formula is C20H23N9O5S. The Morgan fingerprint density at radius 2 is 2.03 bits per heavy atom. The molecule has 1 aliphatic rings. The molecular weight excluding hydrogens is 478 g/mol. The lowest BCUT2D eigenvalue weighted by molar-refractivity contribution is -0.0403. The number of nitrogens with two attached hydrogens (primary N) is 1. The number of hydrogen-bond donors (Lipinski definition) is 4. The third kappa shape index (κ3) is 4.46. The van der Waals surface area contributed by atoms with Gasteiger partial charge in [-0.15, -0.1) is 5.10 Å². The number of ether oxygens (including phenoxy) is 1. The molecule has 14 nitrogen and oxygen atoms in total. The van der Waals surface area contributed by atoms with Gasteiger partial charge in [-0.05, 0) is 24.6 Å². The number of aryl methyl sites for hydroxylation is 1. The quantitative estimate of drug-likeness (QED) is 0.245. The number of aliphatic hydroxyl groups excluding tert-OH is 2. The average molecular weight is 502 g/mol. The molecule has 1 fully saturated rings. The normalized spacial score (nSPS) is 22.7. The summed E-state index contributed by atoms with van der Waals surface area (Å²) < 4.78 is 36.3. The van der Waals surface area contributed by atoms with Crippen LogP contribution in [0.1, 0.15) is 17.5 Å². The largest absolute Gasteiger partial charge is 0.387 e. The maximum absolute atomic E-state index is 12.5. The van der Waals surface area contributed by atoms with Gasteiger partial charge in [0.1, 0.15) is 30.2 Å². The molecule has 5 N–H and O–H groups in total. The van der Waals surface area contributed by atoms with Crippen LogP contribution in [0.4, 0.5) is 5.82 Å². The number of fused-ring (bicyclic) bond motifs is 1. The van der Waals surface area contributed by atoms with Crippen molar-refractivity contribution in [3.05, 3.63) is 54.4 Å². The molecule has 4 atom stereocenters. The Kier molecular flexibility index (Phi) is 5.94. The van der Waals surface area contributed by atoms with Crippen LogP contribution in [0.15, 0.2) is 48.0 Å². The van der Waals surface area contributed by atoms with Gasteiger partial charge in [-0.1, -0.05) is 17.3 Å². The first-order valence-electron chi connectivity index (χ1n) is 10.6. The molecule has 5 rings (SSSR count). The van der Waals surface area contributed by atoms with Gasteiger partial charge >= 0.3 is 0 Å². The molecule has 35 heavy (non-hydrogen) atoms. The number of aliphatic hydroxyl groups is 2. The smallest absolute Gasteiger partial charge is 0.240 e. The molecule has 0 radical (unpaired) electrons. The molecule has 0 spiro atoms. The maximum Gasteiger partial charge on any atom is 0.240 e. The molecule has 4 aromatic rings. The number of anilines is 1. The van der Waals surface area contributed by atoms with Gasteiger partial charge in [0.2, 0.25) is 10.0 Å². The Balaban J connectivity index is 1.25. The van der Waals surface area contributed by atoms with E-state index in [0.29, 0.717) is 16.9 Å². The summed E-state index contributed by atoms with van der Waals surface area (Å²) in [5.41, 5.74) is 7.73. The Hall–Kier alpha value is -3.50. The minimum atomic E-state index is -3.72. The summed E-state index contributed by atoms with van der Waals surface area (Å²) in [4.78, 5) is 12.3. The minimum Gasteiger partial charge on any atom is -0.387 e. The van der Waals surface area contributed by atoms with Crippen LogP contribution < -0.4 is 10.5 Å². The summed E-state index contributed by atoms with van der Waals surface area (Å²) in [7, 11) is -3.72. The number of benzene rings is 1. The first-order chi connectivity index (χ1) is 16.7. The lowest BCUT2D eigenvalue weighted by Crippen LogP contribution is -2.33. The van der Waals surface area contributed by atoms with Crippen molar-refractivity contribution in [2.24, 2.45) is 0 Å². The van der Waals surface area contributed by atoms with Crippen LogP contribution in [-0.2, 0) is 27.8 Å². The van der Waals surface area contributed by atoms with E-state index in [9.17, 15) is 18.6 Å². The van der Waals surface area contributed by atoms with E-state index in [1.807, 2.05) is 13.0 Å². The number of nitrogens with zero attached hydrogens (tertiary/aromatic N) is 7. The van der Waals surface area contributed by atoms with E-state index in [1.54, 1.807) is 12.1 Å². The number of rotatable bonds is 7. The van der Waals surface area contributed by atoms with Crippen molar-refractivity contribution in [1.82, 2.24) is 39.2 Å². The molecule has 1 aliphatic heterocycles. The van der Waals surface area contributed by atoms with Gasteiger partial charge in [-0.2, -0.15) is 0 Å². The third-order valence-corrected chi connectivity index (χ3v) is 7.09. The van der Waals surface area contributed by atoms with Crippen LogP contribution >= 0.6 is 0 Å². The van der Waals surface area contributed by atoms with Crippen molar-refractivity contribution in [3.63, 3.8) is 0 Å². The zero-order valence-corrected chi connectivity index (χ0v) is 19.3. The zero-order valence-electron chi connectivity index (χ0n) is 18.5. The van der Waals surface area contributed by atoms with Gasteiger partial charge in [-0.25, -0.2) is 32.8 Å². The Morgan fingerprint density at radius 3 is 2.83 bits per heavy atom. The SMILES string of the molecule is Cc1cccc(S(=O)(=O)NCc2cn(C[C@H]3O[C@@H](n4cnc5c(N)ncnc54)[C@H](O)[C@@H]3O)nn2)c1. The van der Waals surface area contributed by atoms with Gasteiger partial charge in [0.05, 0.1) is 30.0 Å². The summed E-state index contributed by atoms with van der Waals surface area (Å²) in [6.07, 6.45) is -0.0675. The summed E-state index contributed by atoms with van der Waals surface area (Å²) in [5, 5.41) is 29.1. The first-order valence-corrected chi connectivity index (χ1v) is 12.1. The summed E-state index contributed by atoms with van der Waals surface area (Å²) in [6.45, 7) is 1.80. The Labute approximate surface area is 199 Å². The second kappa shape index (κ2) is 8.94. The fourth-order valence-corrected chi connectivity index (χ4v) is 5.00. The van der Waals surface area contributed by atoms with Gasteiger partial charge in [-0.3, -0.25) is 4.57 Å². The van der Waals surface area contributed by atoms with Crippen LogP contribution in [-0.4, -0.2) is 71.5 Å². The minimum absolute atomic E-state index is 0.0656. The van der Waals surface area contributed by atoms with Crippen molar-refractivity contribution >= 4 is 27.0 Å². The fraction of sp³-hybridized carbons (Fsp3) is 0.350. The van der Waals surface area contributed by atoms with Gasteiger partial charge in [0, 0.05) is 6.20 Å². The maximum atomic E-state index is 12.5. The zero-order chi connectivity index (χ0) is 24.7. The molecule has 184 valence electrons. The van der Waals surface area contributed by atoms with E-state index in [-0.39, 0.29) is 23.8 Å². The van der Waals surface area contributed by atoms with Crippen LogP contribution in [0.3, 0.4) is 0 Å². The highest BCUT2D eigenvalue weighted by molar-refractivity contribution is 7.89. The second-order valence-electron chi connectivity index (χ2n) is 8.20. The predicted octanol–water partition coefficient (Wildman–Crippen LogP) is -0.894. The average Bonchev–Trinajstić information content (AvgIpc) is 3.53. The van der Waals surface area contributed by atoms with E-state index in [4.69, 9.17) is 10.5 Å². The van der Waals surface area contributed by atoms with Gasteiger partial charge in [0.25, 0.3) is 0 Å². The molecule has 4 heterocycles. The van der Waals surface area contributed by atoms with Crippen LogP contribution in [0.2, 0.25) is 0 Å². The van der Waals surface area contributed by atoms with E-state index in [2.05, 4.69) is 30.0 Å². The third-order valence-electron chi connectivity index (χ3n) is 5.69. The number of sulfonamides is 1. The molecule has 1 aromatic carbocycles. The highest BCUT2D eigenvalue weighted by Gasteiger charge is 2.44. The number of nitrogens with one attached hydrogen (secondary N) is 1. The number of nitrogen functional groups attached to an aromatic ring is 1. The second-order valence-corrected chi connectivity index (χ2v) is 9.97. The molecule has 3 aromatic heterocycles. The van der Waals surface area contributed by atoms with Gasteiger partial charge < -0.3 is 20.7 Å². The fourth-order valence-electron chi connectivity index (χ4n) is 3.89. The van der Waals surface area contributed by atoms with E-state index < -0.39 is 34.6 Å². The van der Waals surface area contributed by atoms with E-state index >= 15 is 0 Å². The number of imidazole rings is 1. The predicted molar refractivity (Wildman–Crippen MR) is 121 cm³/mol. The van der Waals surface area contributed by atoms with Crippen molar-refractivity contribution in [3.8, 4) is 0 Å². The van der Waals surface area contributed by atoms with E-state index in [0.717, 1.165) is 5.56 Å². The lowest BCUT2D eigenvalue weighted by atomic mass is 10.1. The summed E-state index contributed by atoms with van der Waals surface area (Å²) in [6, 6.07) is 6.56. The topological polar surface area (TPSA) is 196 Å². The Morgan fingerprint density at radius 1 is 1.20 bits per heavy atom. The molecule has 15 heteroatoms. The monoisotopic (exact) mass is 501 g/mol. The molecule has 0 aliphatic carbocycles. The summed E-state index contributed by atoms with van der Waals surface area (Å²) in [5.74, 6) is 0.187. The van der Waals surface area contributed by atoms with Crippen molar-refractivity contribution in [2.45, 2.75) is 49.4 Å². The lowest BCUT2D eigenvalue weighted by Gasteiger charge is -2.16. The van der Waals surface area contributed by atoms with Crippen LogP contribution in [0.5, 0.6) is 0 Å². The number of aromatic nitrogens is 7. The van der Waals surface area contributed by atoms with Crippen molar-refractivity contribution in [1.29, 1.82) is 0 Å². The Bertz CT molecular complexity index is 1470. The molecule has 0 unspecified atom stereocenters. The molecule has 0 bridgehead atoms. The molecule has 0 amide bonds. The summed E-state index contributed by atoms with van der Waals surface area (Å²) >= 11 is 0. The highest BCUT2D eigenvalue weighted by Crippen LogP contribution is 2.32. The van der Waals surface area contributed by atoms with Gasteiger partial charge in [0.15, 0.2) is 17.7 Å². The molecule has 1 saturated heterocycles. The van der Waals surface area contributed by atoms with Crippen LogP contribution in [0, 0.1) is 6.92 Å². The van der Waals surface area contributed by atoms with E-state index in [1.165, 1.54) is 34.2 Å².